The van der Waals surface area contributed by atoms with Gasteiger partial charge < -0.3 is 0 Å². The summed E-state index contributed by atoms with van der Waals surface area (Å²) >= 11 is 0. The number of hydrogen-bond donors (Lipinski definition) is 0. The molecule has 0 saturated heterocycles. The largest absolute Gasteiger partial charge is 0.0725 e. The van der Waals surface area contributed by atoms with Crippen LogP contribution in [0, 0.1) is 0 Å². The fraction of sp³-hybridized carbons (Fsp3) is 0.154. The first kappa shape index (κ1) is 47.8. The molecule has 0 saturated carbocycles. The second-order valence-electron chi connectivity index (χ2n) is 24.9. The van der Waals surface area contributed by atoms with Crippen molar-refractivity contribution in [2.24, 2.45) is 0 Å². The SMILES string of the molecule is CC(C)(C)c1ccc2c(c1)C(C)(C)c1cc(C(C)(C)C)cc(-c3cccc(-c4cccc(-c5cccc(-c6cccc(-c7cccc(-c8cccc9c8-c8ccccc8C98c9ccccc9-c9ccccc98)c7)c6)c5)c4)c3)c1-2. The van der Waals surface area contributed by atoms with Gasteiger partial charge >= 0.3 is 0 Å². The average Bonchev–Trinajstić information content (AvgIpc) is 3.11. The molecule has 0 aromatic heterocycles. The van der Waals surface area contributed by atoms with Gasteiger partial charge in [0.25, 0.3) is 0 Å². The fourth-order valence-electron chi connectivity index (χ4n) is 13.7. The monoisotopic (exact) mass is 1000 g/mol. The smallest absolute Gasteiger partial charge is 0.0619 e. The van der Waals surface area contributed by atoms with Crippen LogP contribution in [0.4, 0.5) is 0 Å². The molecular formula is C78H64. The highest BCUT2D eigenvalue weighted by atomic mass is 14.5. The van der Waals surface area contributed by atoms with Crippen LogP contribution in [-0.2, 0) is 21.7 Å². The van der Waals surface area contributed by atoms with E-state index in [0.29, 0.717) is 0 Å². The predicted octanol–water partition coefficient (Wildman–Crippen LogP) is 20.9. The van der Waals surface area contributed by atoms with Crippen molar-refractivity contribution in [3.8, 4) is 100 Å². The molecule has 3 aliphatic rings. The highest BCUT2D eigenvalue weighted by molar-refractivity contribution is 6.00. The zero-order chi connectivity index (χ0) is 53.3. The van der Waals surface area contributed by atoms with Gasteiger partial charge in [-0.2, -0.15) is 0 Å². The van der Waals surface area contributed by atoms with Gasteiger partial charge in [0.05, 0.1) is 5.41 Å². The summed E-state index contributed by atoms with van der Waals surface area (Å²) < 4.78 is 0. The van der Waals surface area contributed by atoms with E-state index in [-0.39, 0.29) is 21.7 Å². The van der Waals surface area contributed by atoms with Crippen molar-refractivity contribution in [2.45, 2.75) is 77.0 Å². The Balaban J connectivity index is 0.795. The Morgan fingerprint density at radius 1 is 0.231 bits per heavy atom. The lowest BCUT2D eigenvalue weighted by Crippen LogP contribution is -2.25. The summed E-state index contributed by atoms with van der Waals surface area (Å²) in [6.07, 6.45) is 0. The molecule has 78 heavy (non-hydrogen) atoms. The van der Waals surface area contributed by atoms with E-state index in [1.807, 2.05) is 0 Å². The Hall–Kier alpha value is -8.58. The summed E-state index contributed by atoms with van der Waals surface area (Å²) in [6, 6.07) is 92.1. The molecule has 0 atom stereocenters. The molecular weight excluding hydrogens is 937 g/mol. The predicted molar refractivity (Wildman–Crippen MR) is 330 cm³/mol. The molecule has 3 aliphatic carbocycles. The molecule has 0 unspecified atom stereocenters. The number of rotatable bonds is 6. The van der Waals surface area contributed by atoms with E-state index < -0.39 is 0 Å². The molecule has 11 aromatic rings. The van der Waals surface area contributed by atoms with E-state index >= 15 is 0 Å². The molecule has 0 heteroatoms. The zero-order valence-electron chi connectivity index (χ0n) is 46.1. The first-order valence-electron chi connectivity index (χ1n) is 28.0. The summed E-state index contributed by atoms with van der Waals surface area (Å²) in [6.45, 7) is 18.8. The lowest BCUT2D eigenvalue weighted by molar-refractivity contribution is 0.580. The van der Waals surface area contributed by atoms with Crippen LogP contribution in [0.25, 0.3) is 100 Å². The molecule has 0 amide bonds. The second-order valence-corrected chi connectivity index (χ2v) is 24.9. The normalized spacial score (nSPS) is 14.1. The van der Waals surface area contributed by atoms with Crippen LogP contribution in [0.1, 0.15) is 99.9 Å². The van der Waals surface area contributed by atoms with E-state index in [0.717, 1.165) is 0 Å². The van der Waals surface area contributed by atoms with Gasteiger partial charge in [0.2, 0.25) is 0 Å². The number of benzene rings is 11. The third-order valence-electron chi connectivity index (χ3n) is 17.8. The van der Waals surface area contributed by atoms with Crippen LogP contribution in [0.3, 0.4) is 0 Å². The topological polar surface area (TPSA) is 0 Å². The van der Waals surface area contributed by atoms with Crippen LogP contribution < -0.4 is 0 Å². The minimum Gasteiger partial charge on any atom is -0.0619 e. The zero-order valence-corrected chi connectivity index (χ0v) is 46.1. The molecule has 14 rings (SSSR count). The quantitative estimate of drug-likeness (QED) is 0.156. The van der Waals surface area contributed by atoms with Crippen molar-refractivity contribution in [3.63, 3.8) is 0 Å². The third-order valence-corrected chi connectivity index (χ3v) is 17.8. The number of hydrogen-bond acceptors (Lipinski definition) is 0. The Labute approximate surface area is 461 Å². The molecule has 0 fully saturated rings. The van der Waals surface area contributed by atoms with Gasteiger partial charge in [-0.3, -0.25) is 0 Å². The van der Waals surface area contributed by atoms with Crippen molar-refractivity contribution in [1.29, 1.82) is 0 Å². The summed E-state index contributed by atoms with van der Waals surface area (Å²) in [7, 11) is 0. The fourth-order valence-corrected chi connectivity index (χ4v) is 13.7. The van der Waals surface area contributed by atoms with E-state index in [1.54, 1.807) is 0 Å². The van der Waals surface area contributed by atoms with Crippen molar-refractivity contribution in [2.75, 3.05) is 0 Å². The molecule has 1 spiro atoms. The van der Waals surface area contributed by atoms with Crippen molar-refractivity contribution >= 4 is 0 Å². The van der Waals surface area contributed by atoms with Gasteiger partial charge in [-0.1, -0.05) is 262 Å². The van der Waals surface area contributed by atoms with E-state index in [4.69, 9.17) is 0 Å². The minimum absolute atomic E-state index is 0.00277. The molecule has 0 N–H and O–H groups in total. The maximum atomic E-state index is 2.50. The van der Waals surface area contributed by atoms with Crippen molar-refractivity contribution < 1.29 is 0 Å². The van der Waals surface area contributed by atoms with E-state index in [9.17, 15) is 0 Å². The summed E-state index contributed by atoms with van der Waals surface area (Å²) in [5.74, 6) is 0. The first-order chi connectivity index (χ1) is 37.7. The Morgan fingerprint density at radius 3 is 1.04 bits per heavy atom. The standard InChI is InChI=1S/C78H64/c1-75(2,3)59-39-40-65-71(47-59)77(7,8)72-48-60(76(4,5)6)46-66(74(65)72)58-30-19-28-56(45-58)54-26-17-24-52(43-54)50-22-15-21-49(41-50)51-23-16-25-53(42-51)55-27-18-29-57(44-55)61-34-20-38-70-73(61)64-33-11-14-37-69(64)78(70)67-35-12-9-31-62(67)63-32-10-13-36-68(63)78/h9-48H,1-8H3. The molecule has 0 nitrogen and oxygen atoms in total. The highest BCUT2D eigenvalue weighted by Crippen LogP contribution is 2.64. The van der Waals surface area contributed by atoms with Crippen LogP contribution in [0.15, 0.2) is 243 Å². The molecule has 0 radical (unpaired) electrons. The van der Waals surface area contributed by atoms with Gasteiger partial charge in [0, 0.05) is 5.41 Å². The third kappa shape index (κ3) is 7.33. The molecule has 0 bridgehead atoms. The first-order valence-corrected chi connectivity index (χ1v) is 28.0. The Bertz CT molecular complexity index is 4210. The van der Waals surface area contributed by atoms with Crippen LogP contribution in [0.5, 0.6) is 0 Å². The van der Waals surface area contributed by atoms with Crippen molar-refractivity contribution in [3.05, 3.63) is 287 Å². The van der Waals surface area contributed by atoms with Crippen LogP contribution >= 0.6 is 0 Å². The molecule has 0 aliphatic heterocycles. The van der Waals surface area contributed by atoms with Gasteiger partial charge in [0.15, 0.2) is 0 Å². The Morgan fingerprint density at radius 2 is 0.564 bits per heavy atom. The lowest BCUT2D eigenvalue weighted by Gasteiger charge is -2.30. The highest BCUT2D eigenvalue weighted by Gasteiger charge is 2.52. The van der Waals surface area contributed by atoms with Crippen LogP contribution in [-0.4, -0.2) is 0 Å². The summed E-state index contributed by atoms with van der Waals surface area (Å²) in [4.78, 5) is 0. The maximum absolute atomic E-state index is 2.50. The van der Waals surface area contributed by atoms with Gasteiger partial charge in [-0.05, 0) is 192 Å². The Kier molecular flexibility index (Phi) is 10.7. The lowest BCUT2D eigenvalue weighted by atomic mass is 9.70. The van der Waals surface area contributed by atoms with Crippen molar-refractivity contribution in [1.82, 2.24) is 0 Å². The molecule has 0 heterocycles. The summed E-state index contributed by atoms with van der Waals surface area (Å²) in [5, 5.41) is 0. The summed E-state index contributed by atoms with van der Waals surface area (Å²) in [5.41, 5.74) is 33.4. The maximum Gasteiger partial charge on any atom is 0.0725 e. The van der Waals surface area contributed by atoms with Gasteiger partial charge in [-0.25, -0.2) is 0 Å². The van der Waals surface area contributed by atoms with E-state index in [1.165, 1.54) is 145 Å². The van der Waals surface area contributed by atoms with Crippen LogP contribution in [0.2, 0.25) is 0 Å². The van der Waals surface area contributed by atoms with Gasteiger partial charge in [-0.15, -0.1) is 0 Å². The average molecular weight is 1000 g/mol. The van der Waals surface area contributed by atoms with E-state index in [2.05, 4.69) is 298 Å². The molecule has 376 valence electrons. The molecule has 11 aromatic carbocycles. The second kappa shape index (κ2) is 17.5. The number of fused-ring (bicyclic) bond motifs is 13. The van der Waals surface area contributed by atoms with Gasteiger partial charge in [0.1, 0.15) is 0 Å². The minimum atomic E-state index is -0.371.